The predicted octanol–water partition coefficient (Wildman–Crippen LogP) is 4.83. The summed E-state index contributed by atoms with van der Waals surface area (Å²) in [5.41, 5.74) is 2.84. The van der Waals surface area contributed by atoms with E-state index in [0.29, 0.717) is 18.5 Å². The SMILES string of the molecule is CC(C)CC(C)Nc1ccc2c(c1)CCN2C(=O)OC(C)(C)C. The quantitative estimate of drug-likeness (QED) is 0.864. The van der Waals surface area contributed by atoms with Gasteiger partial charge in [-0.1, -0.05) is 13.8 Å². The molecule has 0 bridgehead atoms. The van der Waals surface area contributed by atoms with Crippen LogP contribution in [0.5, 0.6) is 0 Å². The van der Waals surface area contributed by atoms with Crippen LogP contribution in [0.25, 0.3) is 0 Å². The van der Waals surface area contributed by atoms with Crippen LogP contribution >= 0.6 is 0 Å². The molecule has 1 aliphatic rings. The van der Waals surface area contributed by atoms with Crippen molar-refractivity contribution >= 4 is 17.5 Å². The first kappa shape index (κ1) is 17.6. The van der Waals surface area contributed by atoms with Crippen LogP contribution in [0.1, 0.15) is 53.5 Å². The molecule has 1 heterocycles. The molecule has 23 heavy (non-hydrogen) atoms. The summed E-state index contributed by atoms with van der Waals surface area (Å²) in [4.78, 5) is 14.0. The van der Waals surface area contributed by atoms with Gasteiger partial charge in [0, 0.05) is 18.3 Å². The Balaban J connectivity index is 2.07. The first-order chi connectivity index (χ1) is 10.7. The molecule has 1 N–H and O–H groups in total. The van der Waals surface area contributed by atoms with E-state index in [0.717, 1.165) is 24.2 Å². The van der Waals surface area contributed by atoms with Crippen LogP contribution < -0.4 is 10.2 Å². The highest BCUT2D eigenvalue weighted by molar-refractivity contribution is 5.91. The molecule has 0 spiro atoms. The summed E-state index contributed by atoms with van der Waals surface area (Å²) in [7, 11) is 0. The van der Waals surface area contributed by atoms with Crippen LogP contribution in [0.3, 0.4) is 0 Å². The Kier molecular flexibility index (Phi) is 5.23. The van der Waals surface area contributed by atoms with Crippen molar-refractivity contribution in [3.63, 3.8) is 0 Å². The van der Waals surface area contributed by atoms with Gasteiger partial charge in [0.05, 0.1) is 5.69 Å². The molecule has 1 amide bonds. The van der Waals surface area contributed by atoms with Gasteiger partial charge in [-0.05, 0) is 70.2 Å². The molecular formula is C19H30N2O2. The van der Waals surface area contributed by atoms with E-state index < -0.39 is 5.60 Å². The molecule has 0 saturated heterocycles. The lowest BCUT2D eigenvalue weighted by molar-refractivity contribution is 0.0584. The maximum absolute atomic E-state index is 12.3. The molecule has 0 radical (unpaired) electrons. The number of nitrogens with one attached hydrogen (secondary N) is 1. The average molecular weight is 318 g/mol. The van der Waals surface area contributed by atoms with E-state index in [2.05, 4.69) is 38.2 Å². The molecule has 0 saturated carbocycles. The number of ether oxygens (including phenoxy) is 1. The minimum atomic E-state index is -0.465. The van der Waals surface area contributed by atoms with Crippen LogP contribution in [0.2, 0.25) is 0 Å². The Morgan fingerprint density at radius 3 is 2.61 bits per heavy atom. The zero-order valence-electron chi connectivity index (χ0n) is 15.3. The number of carbonyl (C=O) groups is 1. The third kappa shape index (κ3) is 4.88. The molecule has 4 nitrogen and oxygen atoms in total. The molecular weight excluding hydrogens is 288 g/mol. The number of fused-ring (bicyclic) bond motifs is 1. The summed E-state index contributed by atoms with van der Waals surface area (Å²) in [5, 5.41) is 3.55. The Bertz CT molecular complexity index is 561. The zero-order chi connectivity index (χ0) is 17.2. The number of amides is 1. The van der Waals surface area contributed by atoms with E-state index in [1.54, 1.807) is 4.90 Å². The third-order valence-corrected chi connectivity index (χ3v) is 3.83. The second-order valence-electron chi connectivity index (χ2n) is 7.90. The zero-order valence-corrected chi connectivity index (χ0v) is 15.3. The van der Waals surface area contributed by atoms with Crippen LogP contribution in [-0.4, -0.2) is 24.3 Å². The molecule has 1 atom stereocenters. The number of nitrogens with zero attached hydrogens (tertiary/aromatic N) is 1. The molecule has 1 aromatic rings. The molecule has 1 unspecified atom stereocenters. The highest BCUT2D eigenvalue weighted by Gasteiger charge is 2.29. The van der Waals surface area contributed by atoms with Gasteiger partial charge in [0.2, 0.25) is 0 Å². The first-order valence-electron chi connectivity index (χ1n) is 8.55. The first-order valence-corrected chi connectivity index (χ1v) is 8.55. The summed E-state index contributed by atoms with van der Waals surface area (Å²) in [6.07, 6.45) is 1.76. The summed E-state index contributed by atoms with van der Waals surface area (Å²) < 4.78 is 5.49. The fourth-order valence-electron chi connectivity index (χ4n) is 3.05. The van der Waals surface area contributed by atoms with E-state index >= 15 is 0 Å². The normalized spacial score (nSPS) is 15.5. The lowest BCUT2D eigenvalue weighted by Gasteiger charge is -2.25. The van der Waals surface area contributed by atoms with E-state index in [-0.39, 0.29) is 6.09 Å². The van der Waals surface area contributed by atoms with Gasteiger partial charge < -0.3 is 10.1 Å². The fraction of sp³-hybridized carbons (Fsp3) is 0.632. The van der Waals surface area contributed by atoms with Crippen LogP contribution in [0.4, 0.5) is 16.2 Å². The van der Waals surface area contributed by atoms with Gasteiger partial charge >= 0.3 is 6.09 Å². The fourth-order valence-corrected chi connectivity index (χ4v) is 3.05. The number of carbonyl (C=O) groups excluding carboxylic acids is 1. The van der Waals surface area contributed by atoms with Crippen molar-refractivity contribution in [3.05, 3.63) is 23.8 Å². The standard InChI is InChI=1S/C19H30N2O2/c1-13(2)11-14(3)20-16-7-8-17-15(12-16)9-10-21(17)18(22)23-19(4,5)6/h7-8,12-14,20H,9-11H2,1-6H3. The predicted molar refractivity (Wildman–Crippen MR) is 96.3 cm³/mol. The summed E-state index contributed by atoms with van der Waals surface area (Å²) in [5.74, 6) is 0.676. The van der Waals surface area contributed by atoms with Gasteiger partial charge in [-0.15, -0.1) is 0 Å². The minimum Gasteiger partial charge on any atom is -0.443 e. The van der Waals surface area contributed by atoms with Crippen molar-refractivity contribution in [1.29, 1.82) is 0 Å². The molecule has 4 heteroatoms. The maximum Gasteiger partial charge on any atom is 0.414 e. The smallest absolute Gasteiger partial charge is 0.414 e. The molecule has 0 aliphatic carbocycles. The number of hydrogen-bond acceptors (Lipinski definition) is 3. The Labute approximate surface area is 140 Å². The third-order valence-electron chi connectivity index (χ3n) is 3.83. The molecule has 1 aromatic carbocycles. The average Bonchev–Trinajstić information content (AvgIpc) is 2.78. The van der Waals surface area contributed by atoms with Crippen LogP contribution in [-0.2, 0) is 11.2 Å². The second kappa shape index (κ2) is 6.81. The molecule has 0 aromatic heterocycles. The lowest BCUT2D eigenvalue weighted by Crippen LogP contribution is -2.35. The van der Waals surface area contributed by atoms with E-state index in [4.69, 9.17) is 4.74 Å². The van der Waals surface area contributed by atoms with Crippen molar-refractivity contribution < 1.29 is 9.53 Å². The minimum absolute atomic E-state index is 0.259. The van der Waals surface area contributed by atoms with Gasteiger partial charge in [-0.3, -0.25) is 4.90 Å². The molecule has 2 rings (SSSR count). The lowest BCUT2D eigenvalue weighted by atomic mass is 10.0. The van der Waals surface area contributed by atoms with E-state index in [9.17, 15) is 4.79 Å². The Hall–Kier alpha value is -1.71. The largest absolute Gasteiger partial charge is 0.443 e. The van der Waals surface area contributed by atoms with Gasteiger partial charge in [-0.2, -0.15) is 0 Å². The van der Waals surface area contributed by atoms with Gasteiger partial charge in [-0.25, -0.2) is 4.79 Å². The molecule has 128 valence electrons. The molecule has 1 aliphatic heterocycles. The summed E-state index contributed by atoms with van der Waals surface area (Å²) in [6.45, 7) is 13.1. The summed E-state index contributed by atoms with van der Waals surface area (Å²) in [6, 6.07) is 6.68. The van der Waals surface area contributed by atoms with Crippen molar-refractivity contribution in [2.24, 2.45) is 5.92 Å². The Morgan fingerprint density at radius 2 is 2.00 bits per heavy atom. The van der Waals surface area contributed by atoms with Crippen LogP contribution in [0.15, 0.2) is 18.2 Å². The topological polar surface area (TPSA) is 41.6 Å². The highest BCUT2D eigenvalue weighted by Crippen LogP contribution is 2.32. The Morgan fingerprint density at radius 1 is 1.30 bits per heavy atom. The second-order valence-corrected chi connectivity index (χ2v) is 7.90. The number of hydrogen-bond donors (Lipinski definition) is 1. The molecule has 0 fully saturated rings. The number of rotatable bonds is 4. The van der Waals surface area contributed by atoms with E-state index in [1.165, 1.54) is 5.56 Å². The summed E-state index contributed by atoms with van der Waals surface area (Å²) >= 11 is 0. The van der Waals surface area contributed by atoms with Gasteiger partial charge in [0.1, 0.15) is 5.60 Å². The van der Waals surface area contributed by atoms with Crippen molar-refractivity contribution in [2.45, 2.75) is 66.0 Å². The highest BCUT2D eigenvalue weighted by atomic mass is 16.6. The number of benzene rings is 1. The monoisotopic (exact) mass is 318 g/mol. The van der Waals surface area contributed by atoms with Crippen molar-refractivity contribution in [3.8, 4) is 0 Å². The maximum atomic E-state index is 12.3. The van der Waals surface area contributed by atoms with Gasteiger partial charge in [0.25, 0.3) is 0 Å². The number of anilines is 2. The van der Waals surface area contributed by atoms with Crippen molar-refractivity contribution in [1.82, 2.24) is 0 Å². The van der Waals surface area contributed by atoms with Gasteiger partial charge in [0.15, 0.2) is 0 Å². The van der Waals surface area contributed by atoms with E-state index in [1.807, 2.05) is 26.8 Å². The van der Waals surface area contributed by atoms with Crippen LogP contribution in [0, 0.1) is 5.92 Å². The van der Waals surface area contributed by atoms with Crippen molar-refractivity contribution in [2.75, 3.05) is 16.8 Å².